The smallest absolute Gasteiger partial charge is 0.310 e. The van der Waals surface area contributed by atoms with Crippen LogP contribution < -0.4 is 10.4 Å². The molecule has 2 aromatic rings. The number of ketones is 1. The summed E-state index contributed by atoms with van der Waals surface area (Å²) in [5.74, 6) is -0.165. The van der Waals surface area contributed by atoms with E-state index in [4.69, 9.17) is 4.74 Å². The minimum atomic E-state index is -0.380. The van der Waals surface area contributed by atoms with Crippen molar-refractivity contribution in [1.82, 2.24) is 4.57 Å². The first-order chi connectivity index (χ1) is 10.2. The average molecular weight is 305 g/mol. The third-order valence-corrected chi connectivity index (χ3v) is 4.74. The number of hydrogen-bond acceptors (Lipinski definition) is 5. The summed E-state index contributed by atoms with van der Waals surface area (Å²) in [6, 6.07) is 6.97. The van der Waals surface area contributed by atoms with Crippen LogP contribution in [0.15, 0.2) is 33.9 Å². The Bertz CT molecular complexity index is 786. The van der Waals surface area contributed by atoms with Crippen molar-refractivity contribution in [3.05, 3.63) is 44.3 Å². The van der Waals surface area contributed by atoms with Crippen molar-refractivity contribution in [2.75, 3.05) is 13.2 Å². The van der Waals surface area contributed by atoms with Crippen LogP contribution in [-0.4, -0.2) is 23.6 Å². The molecule has 1 aromatic heterocycles. The number of carbonyl (C=O) groups excluding carboxylic acids is 1. The molecule has 1 aliphatic rings. The van der Waals surface area contributed by atoms with Crippen molar-refractivity contribution < 1.29 is 9.53 Å². The van der Waals surface area contributed by atoms with Crippen LogP contribution in [0.1, 0.15) is 12.8 Å². The van der Waals surface area contributed by atoms with Gasteiger partial charge in [0, 0.05) is 23.8 Å². The fraction of sp³-hybridized carbons (Fsp3) is 0.400. The third kappa shape index (κ3) is 2.82. The van der Waals surface area contributed by atoms with E-state index in [9.17, 15) is 14.4 Å². The fourth-order valence-electron chi connectivity index (χ4n) is 2.55. The van der Waals surface area contributed by atoms with Crippen LogP contribution in [0.5, 0.6) is 0 Å². The van der Waals surface area contributed by atoms with Crippen LogP contribution in [0, 0.1) is 5.92 Å². The second-order valence-corrected chi connectivity index (χ2v) is 6.10. The van der Waals surface area contributed by atoms with Gasteiger partial charge < -0.3 is 4.74 Å². The Kier molecular flexibility index (Phi) is 3.98. The Hall–Kier alpha value is -1.79. The molecular formula is C15H15NO4S. The molecule has 0 spiro atoms. The highest BCUT2D eigenvalue weighted by molar-refractivity contribution is 7.16. The molecule has 110 valence electrons. The zero-order valence-electron chi connectivity index (χ0n) is 11.4. The van der Waals surface area contributed by atoms with Gasteiger partial charge in [0.15, 0.2) is 5.78 Å². The van der Waals surface area contributed by atoms with Gasteiger partial charge in [0.05, 0.1) is 11.9 Å². The normalized spacial score (nSPS) is 16.2. The zero-order chi connectivity index (χ0) is 14.8. The van der Waals surface area contributed by atoms with Gasteiger partial charge in [-0.2, -0.15) is 0 Å². The van der Waals surface area contributed by atoms with Crippen LogP contribution in [0.3, 0.4) is 0 Å². The van der Waals surface area contributed by atoms with Crippen LogP contribution in [0.4, 0.5) is 0 Å². The lowest BCUT2D eigenvalue weighted by molar-refractivity contribution is -0.126. The third-order valence-electron chi connectivity index (χ3n) is 3.77. The molecule has 1 aromatic carbocycles. The predicted molar refractivity (Wildman–Crippen MR) is 80.9 cm³/mol. The Morgan fingerprint density at radius 3 is 2.71 bits per heavy atom. The summed E-state index contributed by atoms with van der Waals surface area (Å²) in [5.41, 5.74) is -0.380. The SMILES string of the molecule is O=C(Cn1c(=O)sc2ccccc2c1=O)C1CCOCC1. The van der Waals surface area contributed by atoms with E-state index in [-0.39, 0.29) is 28.7 Å². The molecule has 0 radical (unpaired) electrons. The minimum absolute atomic E-state index is 0.0556. The topological polar surface area (TPSA) is 65.4 Å². The van der Waals surface area contributed by atoms with Gasteiger partial charge in [0.2, 0.25) is 0 Å². The number of fused-ring (bicyclic) bond motifs is 1. The molecule has 0 amide bonds. The number of rotatable bonds is 3. The molecule has 1 fully saturated rings. The molecule has 0 N–H and O–H groups in total. The van der Waals surface area contributed by atoms with Gasteiger partial charge in [0.1, 0.15) is 0 Å². The number of carbonyl (C=O) groups is 1. The van der Waals surface area contributed by atoms with Gasteiger partial charge >= 0.3 is 4.87 Å². The Morgan fingerprint density at radius 1 is 1.24 bits per heavy atom. The van der Waals surface area contributed by atoms with E-state index in [0.29, 0.717) is 36.1 Å². The number of Topliss-reactive ketones (excluding diaryl/α,β-unsaturated/α-hetero) is 1. The molecule has 0 bridgehead atoms. The highest BCUT2D eigenvalue weighted by Crippen LogP contribution is 2.16. The molecule has 0 unspecified atom stereocenters. The van der Waals surface area contributed by atoms with Crippen molar-refractivity contribution in [2.45, 2.75) is 19.4 Å². The summed E-state index contributed by atoms with van der Waals surface area (Å²) in [6.07, 6.45) is 1.33. The number of aromatic nitrogens is 1. The van der Waals surface area contributed by atoms with E-state index in [1.165, 1.54) is 0 Å². The maximum atomic E-state index is 12.4. The largest absolute Gasteiger partial charge is 0.381 e. The van der Waals surface area contributed by atoms with Crippen LogP contribution in [-0.2, 0) is 16.1 Å². The number of hydrogen-bond donors (Lipinski definition) is 0. The highest BCUT2D eigenvalue weighted by atomic mass is 32.1. The van der Waals surface area contributed by atoms with Crippen molar-refractivity contribution in [2.24, 2.45) is 5.92 Å². The first kappa shape index (κ1) is 14.2. The van der Waals surface area contributed by atoms with E-state index in [1.54, 1.807) is 24.3 Å². The molecule has 0 saturated carbocycles. The van der Waals surface area contributed by atoms with Crippen molar-refractivity contribution in [1.29, 1.82) is 0 Å². The van der Waals surface area contributed by atoms with E-state index in [1.807, 2.05) is 0 Å². The van der Waals surface area contributed by atoms with E-state index in [0.717, 1.165) is 15.9 Å². The number of nitrogens with zero attached hydrogens (tertiary/aromatic N) is 1. The van der Waals surface area contributed by atoms with Gasteiger partial charge in [-0.25, -0.2) is 0 Å². The van der Waals surface area contributed by atoms with E-state index < -0.39 is 0 Å². The second-order valence-electron chi connectivity index (χ2n) is 5.11. The summed E-state index contributed by atoms with van der Waals surface area (Å²) >= 11 is 1.00. The van der Waals surface area contributed by atoms with Crippen LogP contribution in [0.25, 0.3) is 10.1 Å². The van der Waals surface area contributed by atoms with Crippen LogP contribution in [0.2, 0.25) is 0 Å². The maximum absolute atomic E-state index is 12.4. The molecular weight excluding hydrogens is 290 g/mol. The van der Waals surface area contributed by atoms with E-state index in [2.05, 4.69) is 0 Å². The molecule has 1 saturated heterocycles. The monoisotopic (exact) mass is 305 g/mol. The molecule has 5 nitrogen and oxygen atoms in total. The molecule has 6 heteroatoms. The summed E-state index contributed by atoms with van der Waals surface area (Å²) in [5, 5.41) is 0.488. The number of benzene rings is 1. The average Bonchev–Trinajstić information content (AvgIpc) is 2.52. The van der Waals surface area contributed by atoms with Gasteiger partial charge in [-0.05, 0) is 25.0 Å². The molecule has 1 aliphatic heterocycles. The van der Waals surface area contributed by atoms with Gasteiger partial charge in [-0.3, -0.25) is 19.0 Å². The standard InChI is InChI=1S/C15H15NO4S/c17-12(10-5-7-20-8-6-10)9-16-14(18)11-3-1-2-4-13(11)21-15(16)19/h1-4,10H,5-9H2. The Balaban J connectivity index is 1.95. The Labute approximate surface area is 124 Å². The van der Waals surface area contributed by atoms with Gasteiger partial charge in [-0.15, -0.1) is 0 Å². The highest BCUT2D eigenvalue weighted by Gasteiger charge is 2.23. The fourth-order valence-corrected chi connectivity index (χ4v) is 3.41. The van der Waals surface area contributed by atoms with Gasteiger partial charge in [0.25, 0.3) is 5.56 Å². The quantitative estimate of drug-likeness (QED) is 0.860. The number of ether oxygens (including phenoxy) is 1. The summed E-state index contributed by atoms with van der Waals surface area (Å²) < 4.78 is 6.94. The minimum Gasteiger partial charge on any atom is -0.381 e. The molecule has 21 heavy (non-hydrogen) atoms. The molecule has 0 aliphatic carbocycles. The lowest BCUT2D eigenvalue weighted by Crippen LogP contribution is -2.36. The summed E-state index contributed by atoms with van der Waals surface area (Å²) in [4.78, 5) is 36.3. The van der Waals surface area contributed by atoms with Gasteiger partial charge in [-0.1, -0.05) is 23.5 Å². The lowest BCUT2D eigenvalue weighted by atomic mass is 9.95. The van der Waals surface area contributed by atoms with Crippen LogP contribution >= 0.6 is 11.3 Å². The molecule has 2 heterocycles. The maximum Gasteiger partial charge on any atom is 0.310 e. The summed E-state index contributed by atoms with van der Waals surface area (Å²) in [7, 11) is 0. The molecule has 3 rings (SSSR count). The van der Waals surface area contributed by atoms with E-state index >= 15 is 0 Å². The van der Waals surface area contributed by atoms with Crippen molar-refractivity contribution >= 4 is 27.2 Å². The van der Waals surface area contributed by atoms with Crippen molar-refractivity contribution in [3.8, 4) is 0 Å². The first-order valence-corrected chi connectivity index (χ1v) is 7.71. The first-order valence-electron chi connectivity index (χ1n) is 6.90. The van der Waals surface area contributed by atoms with Crippen molar-refractivity contribution in [3.63, 3.8) is 0 Å². The second kappa shape index (κ2) is 5.91. The predicted octanol–water partition coefficient (Wildman–Crippen LogP) is 1.42. The zero-order valence-corrected chi connectivity index (χ0v) is 12.2. The Morgan fingerprint density at radius 2 is 1.95 bits per heavy atom. The molecule has 0 atom stereocenters. The summed E-state index contributed by atoms with van der Waals surface area (Å²) in [6.45, 7) is 0.995. The lowest BCUT2D eigenvalue weighted by Gasteiger charge is -2.20.